The molecular weight excluding hydrogens is 474 g/mol. The number of amides is 4. The summed E-state index contributed by atoms with van der Waals surface area (Å²) < 4.78 is 0. The first-order valence-corrected chi connectivity index (χ1v) is 12.0. The number of hydrogen-bond donors (Lipinski definition) is 5. The molecule has 0 radical (unpaired) electrons. The fourth-order valence-corrected chi connectivity index (χ4v) is 3.54. The Morgan fingerprint density at radius 2 is 1.70 bits per heavy atom. The average molecular weight is 510 g/mol. The number of anilines is 2. The van der Waals surface area contributed by atoms with Crippen molar-refractivity contribution in [2.24, 2.45) is 5.92 Å². The van der Waals surface area contributed by atoms with Gasteiger partial charge < -0.3 is 21.1 Å². The highest BCUT2D eigenvalue weighted by atomic mass is 16.4. The number of carbonyl (C=O) groups excluding carboxylic acids is 3. The third kappa shape index (κ3) is 10.5. The second kappa shape index (κ2) is 14.4. The highest BCUT2D eigenvalue weighted by molar-refractivity contribution is 6.00. The van der Waals surface area contributed by atoms with E-state index in [1.54, 1.807) is 24.3 Å². The first kappa shape index (κ1) is 29.1. The van der Waals surface area contributed by atoms with E-state index in [-0.39, 0.29) is 30.8 Å². The molecule has 2 rings (SSSR count). The molecule has 0 heterocycles. The van der Waals surface area contributed by atoms with E-state index in [0.717, 1.165) is 5.56 Å². The fraction of sp³-hybridized carbons (Fsp3) is 0.333. The second-order valence-electron chi connectivity index (χ2n) is 9.06. The van der Waals surface area contributed by atoms with E-state index in [1.165, 1.54) is 11.1 Å². The van der Waals surface area contributed by atoms with E-state index in [4.69, 9.17) is 5.11 Å². The maximum atomic E-state index is 12.8. The molecule has 0 bridgehead atoms. The summed E-state index contributed by atoms with van der Waals surface area (Å²) in [5.41, 5.74) is 5.47. The molecule has 0 aliphatic carbocycles. The van der Waals surface area contributed by atoms with Crippen molar-refractivity contribution in [3.05, 3.63) is 72.3 Å². The van der Waals surface area contributed by atoms with E-state index >= 15 is 0 Å². The van der Waals surface area contributed by atoms with Gasteiger partial charge in [0.1, 0.15) is 12.6 Å². The zero-order valence-corrected chi connectivity index (χ0v) is 21.4. The van der Waals surface area contributed by atoms with Crippen molar-refractivity contribution in [1.29, 1.82) is 0 Å². The minimum Gasteiger partial charge on any atom is -0.480 e. The first-order chi connectivity index (χ1) is 17.6. The molecule has 4 amide bonds. The van der Waals surface area contributed by atoms with E-state index < -0.39 is 24.5 Å². The van der Waals surface area contributed by atoms with Crippen LogP contribution in [0.4, 0.5) is 16.2 Å². The summed E-state index contributed by atoms with van der Waals surface area (Å²) in [5.74, 6) is -1.84. The summed E-state index contributed by atoms with van der Waals surface area (Å²) in [6.45, 7) is 9.06. The van der Waals surface area contributed by atoms with Crippen molar-refractivity contribution in [3.8, 4) is 0 Å². The molecule has 0 aromatic heterocycles. The molecule has 2 aromatic carbocycles. The highest BCUT2D eigenvalue weighted by Crippen LogP contribution is 2.15. The van der Waals surface area contributed by atoms with Gasteiger partial charge in [-0.25, -0.2) is 9.80 Å². The molecule has 2 aromatic rings. The summed E-state index contributed by atoms with van der Waals surface area (Å²) in [4.78, 5) is 48.8. The summed E-state index contributed by atoms with van der Waals surface area (Å²) in [6, 6.07) is 13.1. The molecule has 0 fully saturated rings. The number of nitrogens with one attached hydrogen (secondary N) is 4. The van der Waals surface area contributed by atoms with Crippen LogP contribution in [0.5, 0.6) is 0 Å². The highest BCUT2D eigenvalue weighted by Gasteiger charge is 2.24. The van der Waals surface area contributed by atoms with Gasteiger partial charge in [0, 0.05) is 17.9 Å². The van der Waals surface area contributed by atoms with Gasteiger partial charge in [-0.15, -0.1) is 6.58 Å². The standard InChI is InChI=1S/C27H35N5O5/c1-5-14-32(17-25(34)35)31-26(36)23(15-18(2)3)29-24(33)16-20-10-12-21(13-11-20)28-27(37)30-22-9-7-6-8-19(22)4/h5-13,18,23H,1,14-17H2,2-4H3,(H,29,33)(H,31,36)(H,34,35)(H2,28,30,37)/t23-/m1/s1. The molecule has 37 heavy (non-hydrogen) atoms. The maximum Gasteiger partial charge on any atom is 0.323 e. The summed E-state index contributed by atoms with van der Waals surface area (Å²) in [6.07, 6.45) is 1.89. The van der Waals surface area contributed by atoms with E-state index in [2.05, 4.69) is 28.0 Å². The van der Waals surface area contributed by atoms with Gasteiger partial charge in [-0.1, -0.05) is 50.3 Å². The molecule has 10 heteroatoms. The molecule has 0 spiro atoms. The molecule has 5 N–H and O–H groups in total. The van der Waals surface area contributed by atoms with Crippen LogP contribution in [0.2, 0.25) is 0 Å². The van der Waals surface area contributed by atoms with Gasteiger partial charge in [0.25, 0.3) is 5.91 Å². The van der Waals surface area contributed by atoms with Crippen LogP contribution in [0.15, 0.2) is 61.2 Å². The Bertz CT molecular complexity index is 1100. The van der Waals surface area contributed by atoms with Crippen molar-refractivity contribution in [2.45, 2.75) is 39.7 Å². The van der Waals surface area contributed by atoms with Crippen molar-refractivity contribution in [3.63, 3.8) is 0 Å². The van der Waals surface area contributed by atoms with Crippen molar-refractivity contribution >= 4 is 35.2 Å². The number of aliphatic carboxylic acids is 1. The van der Waals surface area contributed by atoms with Crippen LogP contribution in [0.25, 0.3) is 0 Å². The summed E-state index contributed by atoms with van der Waals surface area (Å²) in [7, 11) is 0. The molecule has 0 unspecified atom stereocenters. The Morgan fingerprint density at radius 1 is 1.03 bits per heavy atom. The topological polar surface area (TPSA) is 140 Å². The minimum atomic E-state index is -1.10. The predicted octanol–water partition coefficient (Wildman–Crippen LogP) is 3.32. The molecular formula is C27H35N5O5. The zero-order chi connectivity index (χ0) is 27.4. The summed E-state index contributed by atoms with van der Waals surface area (Å²) >= 11 is 0. The maximum absolute atomic E-state index is 12.8. The number of carboxylic acid groups (broad SMARTS) is 1. The number of rotatable bonds is 13. The van der Waals surface area contributed by atoms with Gasteiger partial charge in [0.15, 0.2) is 0 Å². The van der Waals surface area contributed by atoms with E-state index in [9.17, 15) is 19.2 Å². The van der Waals surface area contributed by atoms with Crippen LogP contribution >= 0.6 is 0 Å². The quantitative estimate of drug-likeness (QED) is 0.207. The molecule has 0 aliphatic rings. The number of carbonyl (C=O) groups is 4. The number of benzene rings is 2. The molecule has 0 aliphatic heterocycles. The first-order valence-electron chi connectivity index (χ1n) is 12.0. The van der Waals surface area contributed by atoms with Gasteiger partial charge in [-0.05, 0) is 48.6 Å². The van der Waals surface area contributed by atoms with Gasteiger partial charge in [0.05, 0.1) is 6.42 Å². The average Bonchev–Trinajstić information content (AvgIpc) is 2.81. The molecule has 0 saturated carbocycles. The Morgan fingerprint density at radius 3 is 2.30 bits per heavy atom. The van der Waals surface area contributed by atoms with Gasteiger partial charge >= 0.3 is 12.0 Å². The van der Waals surface area contributed by atoms with Crippen LogP contribution in [-0.4, -0.2) is 53.1 Å². The van der Waals surface area contributed by atoms with Gasteiger partial charge in [-0.3, -0.25) is 19.8 Å². The largest absolute Gasteiger partial charge is 0.480 e. The lowest BCUT2D eigenvalue weighted by atomic mass is 10.0. The monoisotopic (exact) mass is 509 g/mol. The Kier molecular flexibility index (Phi) is 11.3. The Balaban J connectivity index is 1.95. The number of carboxylic acids is 1. The number of urea groups is 1. The zero-order valence-electron chi connectivity index (χ0n) is 21.4. The van der Waals surface area contributed by atoms with E-state index in [1.807, 2.05) is 45.0 Å². The van der Waals surface area contributed by atoms with Crippen LogP contribution in [0, 0.1) is 12.8 Å². The van der Waals surface area contributed by atoms with Crippen LogP contribution < -0.4 is 21.4 Å². The third-order valence-corrected chi connectivity index (χ3v) is 5.27. The van der Waals surface area contributed by atoms with Crippen LogP contribution in [-0.2, 0) is 20.8 Å². The van der Waals surface area contributed by atoms with Crippen molar-refractivity contribution in [2.75, 3.05) is 23.7 Å². The Hall–Kier alpha value is -4.18. The number of aryl methyl sites for hydroxylation is 1. The second-order valence-corrected chi connectivity index (χ2v) is 9.06. The number of hydrazine groups is 1. The van der Waals surface area contributed by atoms with Gasteiger partial charge in [-0.2, -0.15) is 0 Å². The number of nitrogens with zero attached hydrogens (tertiary/aromatic N) is 1. The van der Waals surface area contributed by atoms with E-state index in [0.29, 0.717) is 23.4 Å². The van der Waals surface area contributed by atoms with Crippen LogP contribution in [0.1, 0.15) is 31.4 Å². The third-order valence-electron chi connectivity index (χ3n) is 5.27. The lowest BCUT2D eigenvalue weighted by Crippen LogP contribution is -2.54. The molecule has 10 nitrogen and oxygen atoms in total. The number of hydrogen-bond acceptors (Lipinski definition) is 5. The fourth-order valence-electron chi connectivity index (χ4n) is 3.54. The SMILES string of the molecule is C=CCN(CC(=O)O)NC(=O)[C@@H](CC(C)C)NC(=O)Cc1ccc(NC(=O)Nc2ccccc2C)cc1. The molecule has 1 atom stereocenters. The smallest absolute Gasteiger partial charge is 0.323 e. The minimum absolute atomic E-state index is 0.0308. The normalized spacial score (nSPS) is 11.5. The number of para-hydroxylation sites is 1. The lowest BCUT2D eigenvalue weighted by Gasteiger charge is -2.25. The van der Waals surface area contributed by atoms with Crippen LogP contribution in [0.3, 0.4) is 0 Å². The molecule has 198 valence electrons. The van der Waals surface area contributed by atoms with Crippen molar-refractivity contribution in [1.82, 2.24) is 15.8 Å². The lowest BCUT2D eigenvalue weighted by molar-refractivity contribution is -0.141. The van der Waals surface area contributed by atoms with Crippen molar-refractivity contribution < 1.29 is 24.3 Å². The molecule has 0 saturated heterocycles. The van der Waals surface area contributed by atoms with Gasteiger partial charge in [0.2, 0.25) is 5.91 Å². The summed E-state index contributed by atoms with van der Waals surface area (Å²) in [5, 5.41) is 18.5. The Labute approximate surface area is 217 Å². The predicted molar refractivity (Wildman–Crippen MR) is 143 cm³/mol.